The Morgan fingerprint density at radius 3 is 3.05 bits per heavy atom. The Hall–Kier alpha value is -1.91. The first kappa shape index (κ1) is 11.0. The lowest BCUT2D eigenvalue weighted by Crippen LogP contribution is -2.46. The van der Waals surface area contributed by atoms with Crippen molar-refractivity contribution in [1.82, 2.24) is 0 Å². The molecule has 2 heterocycles. The van der Waals surface area contributed by atoms with Crippen molar-refractivity contribution in [2.45, 2.75) is 24.7 Å². The molecule has 4 nitrogen and oxygen atoms in total. The number of furan rings is 1. The Kier molecular flexibility index (Phi) is 2.05. The maximum Gasteiger partial charge on any atom is 0.167 e. The smallest absolute Gasteiger partial charge is 0.167 e. The van der Waals surface area contributed by atoms with Gasteiger partial charge in [0.2, 0.25) is 0 Å². The molecule has 0 fully saturated rings. The highest BCUT2D eigenvalue weighted by Crippen LogP contribution is 2.44. The number of ether oxygens (including phenoxy) is 1. The van der Waals surface area contributed by atoms with E-state index < -0.39 is 11.7 Å². The maximum atomic E-state index is 11.4. The molecule has 0 bridgehead atoms. The van der Waals surface area contributed by atoms with Crippen molar-refractivity contribution in [3.8, 4) is 0 Å². The molecular formula is C15H12O4. The Labute approximate surface area is 109 Å². The molecule has 19 heavy (non-hydrogen) atoms. The van der Waals surface area contributed by atoms with Gasteiger partial charge in [-0.25, -0.2) is 0 Å². The Morgan fingerprint density at radius 1 is 1.32 bits per heavy atom. The number of hydrogen-bond acceptors (Lipinski definition) is 4. The van der Waals surface area contributed by atoms with E-state index in [0.29, 0.717) is 12.4 Å². The van der Waals surface area contributed by atoms with Gasteiger partial charge in [-0.2, -0.15) is 0 Å². The van der Waals surface area contributed by atoms with Gasteiger partial charge in [-0.05, 0) is 18.2 Å². The minimum Gasteiger partial charge on any atom is -0.457 e. The van der Waals surface area contributed by atoms with E-state index in [2.05, 4.69) is 0 Å². The fourth-order valence-electron chi connectivity index (χ4n) is 2.89. The van der Waals surface area contributed by atoms with E-state index in [9.17, 15) is 9.90 Å². The van der Waals surface area contributed by atoms with Gasteiger partial charge >= 0.3 is 0 Å². The number of rotatable bonds is 0. The molecule has 2 atom stereocenters. The van der Waals surface area contributed by atoms with Crippen LogP contribution in [0.2, 0.25) is 0 Å². The predicted octanol–water partition coefficient (Wildman–Crippen LogP) is 2.05. The Balaban J connectivity index is 1.99. The molecule has 0 radical (unpaired) electrons. The number of fused-ring (bicyclic) bond motifs is 5. The van der Waals surface area contributed by atoms with E-state index in [-0.39, 0.29) is 12.2 Å². The van der Waals surface area contributed by atoms with Gasteiger partial charge in [0.15, 0.2) is 11.4 Å². The average molecular weight is 256 g/mol. The van der Waals surface area contributed by atoms with Crippen LogP contribution in [0.25, 0.3) is 11.0 Å². The van der Waals surface area contributed by atoms with Gasteiger partial charge in [0.25, 0.3) is 0 Å². The highest BCUT2D eigenvalue weighted by Gasteiger charge is 2.48. The predicted molar refractivity (Wildman–Crippen MR) is 67.5 cm³/mol. The van der Waals surface area contributed by atoms with Crippen LogP contribution in [0.3, 0.4) is 0 Å². The van der Waals surface area contributed by atoms with Gasteiger partial charge in [0, 0.05) is 17.4 Å². The van der Waals surface area contributed by atoms with Crippen molar-refractivity contribution in [2.24, 2.45) is 0 Å². The van der Waals surface area contributed by atoms with Gasteiger partial charge < -0.3 is 14.3 Å². The molecule has 0 saturated carbocycles. The molecule has 2 aromatic rings. The summed E-state index contributed by atoms with van der Waals surface area (Å²) in [6, 6.07) is 7.63. The van der Waals surface area contributed by atoms with Gasteiger partial charge in [-0.15, -0.1) is 0 Å². The summed E-state index contributed by atoms with van der Waals surface area (Å²) in [5, 5.41) is 11.8. The first-order valence-electron chi connectivity index (χ1n) is 6.25. The van der Waals surface area contributed by atoms with Crippen LogP contribution >= 0.6 is 0 Å². The molecule has 96 valence electrons. The van der Waals surface area contributed by atoms with Gasteiger partial charge in [0.1, 0.15) is 17.4 Å². The number of carbonyl (C=O) groups excluding carboxylic acids is 1. The minimum absolute atomic E-state index is 0.0331. The molecule has 0 unspecified atom stereocenters. The van der Waals surface area contributed by atoms with E-state index in [1.54, 1.807) is 0 Å². The average Bonchev–Trinajstić information content (AvgIpc) is 2.80. The fraction of sp³-hybridized carbons (Fsp3) is 0.267. The number of para-hydroxylation sites is 1. The zero-order chi connectivity index (χ0) is 13.0. The monoisotopic (exact) mass is 256 g/mol. The lowest BCUT2D eigenvalue weighted by atomic mass is 9.82. The van der Waals surface area contributed by atoms with E-state index in [0.717, 1.165) is 16.5 Å². The summed E-state index contributed by atoms with van der Waals surface area (Å²) in [7, 11) is 0. The van der Waals surface area contributed by atoms with E-state index in [1.165, 1.54) is 12.2 Å². The molecule has 2 aliphatic rings. The molecule has 1 aliphatic carbocycles. The van der Waals surface area contributed by atoms with Crippen LogP contribution in [-0.2, 0) is 21.7 Å². The maximum absolute atomic E-state index is 11.4. The van der Waals surface area contributed by atoms with Crippen molar-refractivity contribution in [1.29, 1.82) is 0 Å². The summed E-state index contributed by atoms with van der Waals surface area (Å²) in [5.74, 6) is 0.475. The van der Waals surface area contributed by atoms with Crippen LogP contribution in [0.4, 0.5) is 0 Å². The van der Waals surface area contributed by atoms with Crippen LogP contribution in [-0.4, -0.2) is 17.0 Å². The van der Waals surface area contributed by atoms with Crippen LogP contribution in [0.5, 0.6) is 0 Å². The quantitative estimate of drug-likeness (QED) is 0.783. The first-order valence-corrected chi connectivity index (χ1v) is 6.25. The molecule has 4 rings (SSSR count). The summed E-state index contributed by atoms with van der Waals surface area (Å²) >= 11 is 0. The van der Waals surface area contributed by atoms with Crippen molar-refractivity contribution < 1.29 is 19.1 Å². The zero-order valence-electron chi connectivity index (χ0n) is 10.1. The van der Waals surface area contributed by atoms with Crippen LogP contribution < -0.4 is 0 Å². The summed E-state index contributed by atoms with van der Waals surface area (Å²) in [5.41, 5.74) is 0.268. The lowest BCUT2D eigenvalue weighted by molar-refractivity contribution is -0.141. The highest BCUT2D eigenvalue weighted by atomic mass is 16.5. The molecule has 4 heteroatoms. The number of aliphatic hydroxyl groups is 1. The van der Waals surface area contributed by atoms with Crippen LogP contribution in [0.1, 0.15) is 17.7 Å². The van der Waals surface area contributed by atoms with Crippen molar-refractivity contribution in [3.63, 3.8) is 0 Å². The Bertz CT molecular complexity index is 712. The number of carbonyl (C=O) groups is 1. The largest absolute Gasteiger partial charge is 0.457 e. The van der Waals surface area contributed by atoms with E-state index >= 15 is 0 Å². The second-order valence-corrected chi connectivity index (χ2v) is 5.03. The topological polar surface area (TPSA) is 59.7 Å². The summed E-state index contributed by atoms with van der Waals surface area (Å²) < 4.78 is 11.5. The molecule has 0 saturated heterocycles. The zero-order valence-corrected chi connectivity index (χ0v) is 10.1. The molecule has 1 N–H and O–H groups in total. The second kappa shape index (κ2) is 3.56. The van der Waals surface area contributed by atoms with Crippen molar-refractivity contribution >= 4 is 16.8 Å². The van der Waals surface area contributed by atoms with Crippen molar-refractivity contribution in [3.05, 3.63) is 47.7 Å². The third-order valence-electron chi connectivity index (χ3n) is 3.89. The first-order chi connectivity index (χ1) is 9.18. The lowest BCUT2D eigenvalue weighted by Gasteiger charge is -2.37. The van der Waals surface area contributed by atoms with Gasteiger partial charge in [-0.3, -0.25) is 4.79 Å². The van der Waals surface area contributed by atoms with Crippen LogP contribution in [0.15, 0.2) is 40.8 Å². The van der Waals surface area contributed by atoms with Gasteiger partial charge in [-0.1, -0.05) is 18.2 Å². The summed E-state index contributed by atoms with van der Waals surface area (Å²) in [4.78, 5) is 11.4. The standard InChI is InChI=1S/C15H12O4/c16-9-5-6-15(17)13(7-9)18-8-11-10-3-1-2-4-12(10)19-14(11)15/h1-6,13,17H,7-8H2/t13-,15-/m1/s1. The number of benzene rings is 1. The molecule has 1 aromatic heterocycles. The SMILES string of the molecule is O=C1C=C[C@]2(O)c3oc4ccccc4c3CO[C@@H]2C1. The number of ketones is 1. The third-order valence-corrected chi connectivity index (χ3v) is 3.89. The van der Waals surface area contributed by atoms with E-state index in [1.807, 2.05) is 24.3 Å². The molecule has 0 amide bonds. The second-order valence-electron chi connectivity index (χ2n) is 5.03. The van der Waals surface area contributed by atoms with Crippen molar-refractivity contribution in [2.75, 3.05) is 0 Å². The van der Waals surface area contributed by atoms with Crippen LogP contribution in [0, 0.1) is 0 Å². The summed E-state index contributed by atoms with van der Waals surface area (Å²) in [6.07, 6.45) is 2.52. The molecular weight excluding hydrogens is 244 g/mol. The van der Waals surface area contributed by atoms with E-state index in [4.69, 9.17) is 9.15 Å². The number of hydrogen-bond donors (Lipinski definition) is 1. The normalized spacial score (nSPS) is 29.3. The summed E-state index contributed by atoms with van der Waals surface area (Å²) in [6.45, 7) is 0.362. The highest BCUT2D eigenvalue weighted by molar-refractivity contribution is 5.92. The molecule has 1 aromatic carbocycles. The third kappa shape index (κ3) is 1.38. The minimum atomic E-state index is -1.33. The molecule has 1 aliphatic heterocycles. The Morgan fingerprint density at radius 2 is 2.16 bits per heavy atom. The molecule has 0 spiro atoms. The van der Waals surface area contributed by atoms with Gasteiger partial charge in [0.05, 0.1) is 6.61 Å². The fourth-order valence-corrected chi connectivity index (χ4v) is 2.89. The number of allylic oxidation sites excluding steroid dienone is 1.